The molecule has 0 spiro atoms. The van der Waals surface area contributed by atoms with Crippen molar-refractivity contribution >= 4 is 48.8 Å². The molecule has 0 aromatic heterocycles. The van der Waals surface area contributed by atoms with E-state index in [1.54, 1.807) is 0 Å². The van der Waals surface area contributed by atoms with Gasteiger partial charge in [0.1, 0.15) is 0 Å². The van der Waals surface area contributed by atoms with Crippen LogP contribution in [0.15, 0.2) is 23.0 Å². The molecule has 0 saturated carbocycles. The first kappa shape index (κ1) is 12.9. The minimum Gasteiger partial charge on any atom is -0.156 e. The summed E-state index contributed by atoms with van der Waals surface area (Å²) < 4.78 is 0. The fraction of sp³-hybridized carbons (Fsp3) is 0.600. The number of thiol groups is 2. The third-order valence-corrected chi connectivity index (χ3v) is 5.74. The molecule has 0 bridgehead atoms. The van der Waals surface area contributed by atoms with Gasteiger partial charge in [0.15, 0.2) is 0 Å². The van der Waals surface area contributed by atoms with Crippen LogP contribution in [0.5, 0.6) is 0 Å². The van der Waals surface area contributed by atoms with Crippen LogP contribution in [-0.4, -0.2) is 22.0 Å². The summed E-state index contributed by atoms with van der Waals surface area (Å²) in [6, 6.07) is 0. The van der Waals surface area contributed by atoms with Gasteiger partial charge in [-0.25, -0.2) is 0 Å². The molecule has 1 heterocycles. The van der Waals surface area contributed by atoms with E-state index in [9.17, 15) is 0 Å². The second-order valence-electron chi connectivity index (χ2n) is 3.15. The molecule has 0 aromatic carbocycles. The van der Waals surface area contributed by atoms with Gasteiger partial charge in [-0.1, -0.05) is 12.2 Å². The Morgan fingerprint density at radius 3 is 1.64 bits per heavy atom. The highest BCUT2D eigenvalue weighted by molar-refractivity contribution is 8.07. The molecule has 1 fully saturated rings. The quantitative estimate of drug-likeness (QED) is 0.740. The topological polar surface area (TPSA) is 0 Å². The number of thioether (sulfide) groups is 2. The van der Waals surface area contributed by atoms with Crippen LogP contribution >= 0.6 is 48.8 Å². The molecule has 0 aromatic rings. The van der Waals surface area contributed by atoms with Crippen LogP contribution in [0, 0.1) is 0 Å². The van der Waals surface area contributed by atoms with Crippen LogP contribution in [0.25, 0.3) is 0 Å². The van der Waals surface area contributed by atoms with Gasteiger partial charge >= 0.3 is 0 Å². The lowest BCUT2D eigenvalue weighted by Crippen LogP contribution is -2.20. The van der Waals surface area contributed by atoms with E-state index in [2.05, 4.69) is 60.9 Å². The summed E-state index contributed by atoms with van der Waals surface area (Å²) in [4.78, 5) is 0. The van der Waals surface area contributed by atoms with Crippen LogP contribution in [0.2, 0.25) is 0 Å². The van der Waals surface area contributed by atoms with Crippen LogP contribution in [0.1, 0.15) is 12.8 Å². The van der Waals surface area contributed by atoms with Crippen molar-refractivity contribution in [1.82, 2.24) is 0 Å². The molecule has 0 radical (unpaired) electrons. The van der Waals surface area contributed by atoms with Gasteiger partial charge in [0.2, 0.25) is 0 Å². The first-order valence-corrected chi connectivity index (χ1v) is 7.81. The molecular weight excluding hydrogens is 248 g/mol. The van der Waals surface area contributed by atoms with Crippen molar-refractivity contribution in [3.63, 3.8) is 0 Å². The highest BCUT2D eigenvalue weighted by Crippen LogP contribution is 2.33. The molecule has 4 heteroatoms. The molecule has 2 unspecified atom stereocenters. The Morgan fingerprint density at radius 1 is 0.929 bits per heavy atom. The Morgan fingerprint density at radius 2 is 1.36 bits per heavy atom. The normalized spacial score (nSPS) is 29.0. The number of hydrogen-bond acceptors (Lipinski definition) is 4. The van der Waals surface area contributed by atoms with Crippen molar-refractivity contribution in [2.24, 2.45) is 0 Å². The third kappa shape index (κ3) is 5.10. The molecule has 1 rings (SSSR count). The maximum atomic E-state index is 4.07. The molecule has 0 N–H and O–H groups in total. The number of hydrogen-bond donors (Lipinski definition) is 2. The summed E-state index contributed by atoms with van der Waals surface area (Å²) >= 11 is 12.3. The zero-order valence-corrected chi connectivity index (χ0v) is 11.4. The number of rotatable bonds is 4. The molecule has 1 aliphatic rings. The standard InChI is InChI=1S/C10H16S4/c11-5-1-3-9-7-14-10(8-13-9)4-2-6-12/h1-2,5-6,9-12H,3-4,7-8H2. The largest absolute Gasteiger partial charge is 0.156 e. The van der Waals surface area contributed by atoms with Gasteiger partial charge in [0.05, 0.1) is 0 Å². The molecule has 1 saturated heterocycles. The SMILES string of the molecule is SC=CCC1CSC(CC=CS)CS1. The summed E-state index contributed by atoms with van der Waals surface area (Å²) in [6.45, 7) is 0. The summed E-state index contributed by atoms with van der Waals surface area (Å²) in [5.41, 5.74) is 0. The molecule has 14 heavy (non-hydrogen) atoms. The van der Waals surface area contributed by atoms with Crippen molar-refractivity contribution in [2.45, 2.75) is 23.3 Å². The van der Waals surface area contributed by atoms with Gasteiger partial charge in [-0.2, -0.15) is 48.8 Å². The lowest BCUT2D eigenvalue weighted by Gasteiger charge is -2.26. The molecule has 0 nitrogen and oxygen atoms in total. The van der Waals surface area contributed by atoms with Gasteiger partial charge in [0, 0.05) is 22.0 Å². The molecule has 2 atom stereocenters. The third-order valence-electron chi connectivity index (χ3n) is 2.04. The van der Waals surface area contributed by atoms with E-state index in [1.807, 2.05) is 10.8 Å². The fourth-order valence-electron chi connectivity index (χ4n) is 1.28. The van der Waals surface area contributed by atoms with Crippen LogP contribution in [-0.2, 0) is 0 Å². The highest BCUT2D eigenvalue weighted by atomic mass is 32.2. The predicted octanol–water partition coefficient (Wildman–Crippen LogP) is 3.87. The van der Waals surface area contributed by atoms with E-state index in [0.717, 1.165) is 23.3 Å². The Labute approximate surface area is 106 Å². The van der Waals surface area contributed by atoms with Crippen molar-refractivity contribution in [1.29, 1.82) is 0 Å². The zero-order valence-electron chi connectivity index (χ0n) is 8.00. The van der Waals surface area contributed by atoms with E-state index < -0.39 is 0 Å². The predicted molar refractivity (Wildman–Crippen MR) is 78.0 cm³/mol. The van der Waals surface area contributed by atoms with Crippen molar-refractivity contribution < 1.29 is 0 Å². The summed E-state index contributed by atoms with van der Waals surface area (Å²) in [5.74, 6) is 2.54. The monoisotopic (exact) mass is 264 g/mol. The van der Waals surface area contributed by atoms with E-state index in [0.29, 0.717) is 0 Å². The van der Waals surface area contributed by atoms with E-state index in [1.165, 1.54) is 11.5 Å². The van der Waals surface area contributed by atoms with Gasteiger partial charge in [0.25, 0.3) is 0 Å². The summed E-state index contributed by atoms with van der Waals surface area (Å²) in [5, 5.41) is 5.28. The second kappa shape index (κ2) is 8.08. The first-order valence-electron chi connectivity index (χ1n) is 4.68. The minimum atomic E-state index is 0.791. The smallest absolute Gasteiger partial charge is 0.0173 e. The van der Waals surface area contributed by atoms with Crippen LogP contribution in [0.4, 0.5) is 0 Å². The molecule has 0 amide bonds. The van der Waals surface area contributed by atoms with Gasteiger partial charge in [-0.3, -0.25) is 0 Å². The molecule has 1 aliphatic heterocycles. The molecular formula is C10H16S4. The first-order chi connectivity index (χ1) is 6.86. The fourth-order valence-corrected chi connectivity index (χ4v) is 4.51. The van der Waals surface area contributed by atoms with E-state index in [4.69, 9.17) is 0 Å². The van der Waals surface area contributed by atoms with E-state index in [-0.39, 0.29) is 0 Å². The molecule has 0 aliphatic carbocycles. The molecule has 80 valence electrons. The average Bonchev–Trinajstić information content (AvgIpc) is 2.25. The van der Waals surface area contributed by atoms with Crippen LogP contribution < -0.4 is 0 Å². The van der Waals surface area contributed by atoms with Crippen molar-refractivity contribution in [2.75, 3.05) is 11.5 Å². The average molecular weight is 265 g/mol. The minimum absolute atomic E-state index is 0.791. The second-order valence-corrected chi connectivity index (χ2v) is 6.41. The Hall–Kier alpha value is 0.880. The van der Waals surface area contributed by atoms with Crippen LogP contribution in [0.3, 0.4) is 0 Å². The maximum Gasteiger partial charge on any atom is 0.0173 e. The maximum absolute atomic E-state index is 4.07. The lowest BCUT2D eigenvalue weighted by atomic mass is 10.3. The van der Waals surface area contributed by atoms with Crippen molar-refractivity contribution in [3.05, 3.63) is 23.0 Å². The van der Waals surface area contributed by atoms with Gasteiger partial charge in [-0.15, -0.1) is 0 Å². The lowest BCUT2D eigenvalue weighted by molar-refractivity contribution is 0.928. The summed E-state index contributed by atoms with van der Waals surface area (Å²) in [7, 11) is 0. The highest BCUT2D eigenvalue weighted by Gasteiger charge is 2.20. The Balaban J connectivity index is 2.17. The Bertz CT molecular complexity index is 170. The van der Waals surface area contributed by atoms with Gasteiger partial charge < -0.3 is 0 Å². The van der Waals surface area contributed by atoms with Gasteiger partial charge in [-0.05, 0) is 23.7 Å². The number of allylic oxidation sites excluding steroid dienone is 2. The Kier molecular flexibility index (Phi) is 7.47. The zero-order chi connectivity index (χ0) is 10.2. The summed E-state index contributed by atoms with van der Waals surface area (Å²) in [6.07, 6.45) is 6.62. The van der Waals surface area contributed by atoms with Crippen molar-refractivity contribution in [3.8, 4) is 0 Å². The van der Waals surface area contributed by atoms with E-state index >= 15 is 0 Å².